The maximum atomic E-state index is 11.2. The van der Waals surface area contributed by atoms with Crippen LogP contribution in [0.2, 0.25) is 0 Å². The zero-order valence-corrected chi connectivity index (χ0v) is 10.4. The van der Waals surface area contributed by atoms with Crippen LogP contribution in [0.15, 0.2) is 24.3 Å². The van der Waals surface area contributed by atoms with Crippen LogP contribution in [0.1, 0.15) is 23.7 Å². The van der Waals surface area contributed by atoms with Gasteiger partial charge in [0.2, 0.25) is 0 Å². The van der Waals surface area contributed by atoms with Crippen molar-refractivity contribution >= 4 is 23.2 Å². The van der Waals surface area contributed by atoms with E-state index in [1.165, 1.54) is 23.6 Å². The van der Waals surface area contributed by atoms with Crippen molar-refractivity contribution in [2.24, 2.45) is 0 Å². The first-order valence-corrected chi connectivity index (χ1v) is 6.86. The van der Waals surface area contributed by atoms with Crippen molar-refractivity contribution in [3.63, 3.8) is 0 Å². The molecule has 0 aliphatic carbocycles. The van der Waals surface area contributed by atoms with Gasteiger partial charge in [0.25, 0.3) is 0 Å². The number of anilines is 1. The average Bonchev–Trinajstić information content (AvgIpc) is 2.57. The molecule has 1 heterocycles. The molecule has 0 bridgehead atoms. The van der Waals surface area contributed by atoms with Gasteiger partial charge in [-0.15, -0.1) is 0 Å². The van der Waals surface area contributed by atoms with Crippen LogP contribution in [0.4, 0.5) is 5.69 Å². The average molecular weight is 235 g/mol. The van der Waals surface area contributed by atoms with Crippen LogP contribution in [0.25, 0.3) is 0 Å². The number of carbonyl (C=O) groups is 1. The summed E-state index contributed by atoms with van der Waals surface area (Å²) < 4.78 is 0. The van der Waals surface area contributed by atoms with Gasteiger partial charge in [-0.05, 0) is 43.4 Å². The Morgan fingerprint density at radius 3 is 2.62 bits per heavy atom. The largest absolute Gasteiger partial charge is 0.371 e. The van der Waals surface area contributed by atoms with E-state index < -0.39 is 0 Å². The number of rotatable bonds is 2. The molecule has 0 N–H and O–H groups in total. The minimum absolute atomic E-state index is 0.137. The molecule has 0 amide bonds. The smallest absolute Gasteiger partial charge is 0.159 e. The van der Waals surface area contributed by atoms with E-state index in [9.17, 15) is 4.79 Å². The SMILES string of the molecule is CC(=O)c1ccc(N2CCCSCC2)cc1. The molecule has 1 aliphatic heterocycles. The third-order valence-corrected chi connectivity index (χ3v) is 3.91. The standard InChI is InChI=1S/C13H17NOS/c1-11(15)12-3-5-13(6-4-12)14-7-2-9-16-10-8-14/h3-6H,2,7-10H2,1H3. The van der Waals surface area contributed by atoms with E-state index in [0.717, 1.165) is 18.7 Å². The summed E-state index contributed by atoms with van der Waals surface area (Å²) >= 11 is 2.03. The zero-order chi connectivity index (χ0) is 11.4. The van der Waals surface area contributed by atoms with Gasteiger partial charge in [0, 0.05) is 30.1 Å². The fourth-order valence-electron chi connectivity index (χ4n) is 1.91. The zero-order valence-electron chi connectivity index (χ0n) is 9.61. The van der Waals surface area contributed by atoms with Crippen molar-refractivity contribution in [3.05, 3.63) is 29.8 Å². The third-order valence-electron chi connectivity index (χ3n) is 2.86. The molecule has 1 aromatic carbocycles. The second kappa shape index (κ2) is 5.39. The summed E-state index contributed by atoms with van der Waals surface area (Å²) in [6.07, 6.45) is 1.25. The fraction of sp³-hybridized carbons (Fsp3) is 0.462. The first-order chi connectivity index (χ1) is 7.77. The molecule has 0 spiro atoms. The summed E-state index contributed by atoms with van der Waals surface area (Å²) in [6.45, 7) is 3.86. The Hall–Kier alpha value is -0.960. The number of Topliss-reactive ketones (excluding diaryl/α,β-unsaturated/α-hetero) is 1. The van der Waals surface area contributed by atoms with Crippen molar-refractivity contribution in [3.8, 4) is 0 Å². The molecule has 0 saturated carbocycles. The van der Waals surface area contributed by atoms with Crippen molar-refractivity contribution in [1.29, 1.82) is 0 Å². The fourth-order valence-corrected chi connectivity index (χ4v) is 2.80. The van der Waals surface area contributed by atoms with Crippen LogP contribution in [-0.2, 0) is 0 Å². The number of ketones is 1. The van der Waals surface area contributed by atoms with Gasteiger partial charge in [-0.25, -0.2) is 0 Å². The van der Waals surface area contributed by atoms with Crippen LogP contribution in [0.3, 0.4) is 0 Å². The maximum Gasteiger partial charge on any atom is 0.159 e. The number of hydrogen-bond acceptors (Lipinski definition) is 3. The van der Waals surface area contributed by atoms with E-state index in [4.69, 9.17) is 0 Å². The van der Waals surface area contributed by atoms with Gasteiger partial charge in [-0.1, -0.05) is 0 Å². The predicted octanol–water partition coefficient (Wildman–Crippen LogP) is 2.83. The molecular weight excluding hydrogens is 218 g/mol. The highest BCUT2D eigenvalue weighted by Crippen LogP contribution is 2.19. The highest BCUT2D eigenvalue weighted by Gasteiger charge is 2.10. The van der Waals surface area contributed by atoms with E-state index >= 15 is 0 Å². The van der Waals surface area contributed by atoms with Gasteiger partial charge < -0.3 is 4.90 Å². The van der Waals surface area contributed by atoms with E-state index in [2.05, 4.69) is 17.0 Å². The number of carbonyl (C=O) groups excluding carboxylic acids is 1. The monoisotopic (exact) mass is 235 g/mol. The maximum absolute atomic E-state index is 11.2. The van der Waals surface area contributed by atoms with Gasteiger partial charge in [0.15, 0.2) is 5.78 Å². The molecular formula is C13H17NOS. The number of benzene rings is 1. The van der Waals surface area contributed by atoms with E-state index in [1.807, 2.05) is 23.9 Å². The minimum Gasteiger partial charge on any atom is -0.371 e. The number of hydrogen-bond donors (Lipinski definition) is 0. The first kappa shape index (κ1) is 11.5. The van der Waals surface area contributed by atoms with Crippen LogP contribution in [-0.4, -0.2) is 30.4 Å². The first-order valence-electron chi connectivity index (χ1n) is 5.71. The Morgan fingerprint density at radius 2 is 1.94 bits per heavy atom. The summed E-state index contributed by atoms with van der Waals surface area (Å²) in [7, 11) is 0. The normalized spacial score (nSPS) is 16.9. The molecule has 3 heteroatoms. The molecule has 2 nitrogen and oxygen atoms in total. The Balaban J connectivity index is 2.10. The lowest BCUT2D eigenvalue weighted by molar-refractivity contribution is 0.101. The van der Waals surface area contributed by atoms with Crippen LogP contribution in [0.5, 0.6) is 0 Å². The molecule has 1 aliphatic rings. The molecule has 0 unspecified atom stereocenters. The molecule has 0 aromatic heterocycles. The highest BCUT2D eigenvalue weighted by atomic mass is 32.2. The molecule has 86 valence electrons. The van der Waals surface area contributed by atoms with Gasteiger partial charge in [0.1, 0.15) is 0 Å². The lowest BCUT2D eigenvalue weighted by Crippen LogP contribution is -2.25. The minimum atomic E-state index is 0.137. The highest BCUT2D eigenvalue weighted by molar-refractivity contribution is 7.99. The summed E-state index contributed by atoms with van der Waals surface area (Å²) in [4.78, 5) is 13.6. The van der Waals surface area contributed by atoms with Gasteiger partial charge in [-0.3, -0.25) is 4.79 Å². The van der Waals surface area contributed by atoms with E-state index in [0.29, 0.717) is 0 Å². The lowest BCUT2D eigenvalue weighted by atomic mass is 10.1. The van der Waals surface area contributed by atoms with Crippen molar-refractivity contribution in [2.45, 2.75) is 13.3 Å². The lowest BCUT2D eigenvalue weighted by Gasteiger charge is -2.22. The number of nitrogens with zero attached hydrogens (tertiary/aromatic N) is 1. The molecule has 1 saturated heterocycles. The quantitative estimate of drug-likeness (QED) is 0.735. The second-order valence-electron chi connectivity index (χ2n) is 4.06. The summed E-state index contributed by atoms with van der Waals surface area (Å²) in [6, 6.07) is 7.98. The number of thioether (sulfide) groups is 1. The van der Waals surface area contributed by atoms with Crippen LogP contribution in [0, 0.1) is 0 Å². The molecule has 16 heavy (non-hydrogen) atoms. The summed E-state index contributed by atoms with van der Waals surface area (Å²) in [5, 5.41) is 0. The predicted molar refractivity (Wildman–Crippen MR) is 70.6 cm³/mol. The van der Waals surface area contributed by atoms with Crippen molar-refractivity contribution in [2.75, 3.05) is 29.5 Å². The Kier molecular flexibility index (Phi) is 3.88. The van der Waals surface area contributed by atoms with Gasteiger partial charge >= 0.3 is 0 Å². The molecule has 0 radical (unpaired) electrons. The van der Waals surface area contributed by atoms with Crippen LogP contribution < -0.4 is 4.90 Å². The van der Waals surface area contributed by atoms with E-state index in [1.54, 1.807) is 6.92 Å². The van der Waals surface area contributed by atoms with Crippen LogP contribution >= 0.6 is 11.8 Å². The van der Waals surface area contributed by atoms with Crippen molar-refractivity contribution in [1.82, 2.24) is 0 Å². The summed E-state index contributed by atoms with van der Waals surface area (Å²) in [5.41, 5.74) is 2.04. The van der Waals surface area contributed by atoms with Crippen molar-refractivity contribution < 1.29 is 4.79 Å². The summed E-state index contributed by atoms with van der Waals surface area (Å²) in [5.74, 6) is 2.61. The molecule has 2 rings (SSSR count). The van der Waals surface area contributed by atoms with Gasteiger partial charge in [-0.2, -0.15) is 11.8 Å². The van der Waals surface area contributed by atoms with E-state index in [-0.39, 0.29) is 5.78 Å². The third kappa shape index (κ3) is 2.79. The molecule has 1 fully saturated rings. The molecule has 0 atom stereocenters. The van der Waals surface area contributed by atoms with Gasteiger partial charge in [0.05, 0.1) is 0 Å². The second-order valence-corrected chi connectivity index (χ2v) is 5.28. The Morgan fingerprint density at radius 1 is 1.19 bits per heavy atom. The molecule has 1 aromatic rings. The Bertz CT molecular complexity index is 353. The topological polar surface area (TPSA) is 20.3 Å². The Labute approximate surface area is 101 Å².